The van der Waals surface area contributed by atoms with E-state index in [-0.39, 0.29) is 16.0 Å². The van der Waals surface area contributed by atoms with Crippen molar-refractivity contribution in [2.24, 2.45) is 7.05 Å². The van der Waals surface area contributed by atoms with Crippen molar-refractivity contribution in [2.45, 2.75) is 36.1 Å². The van der Waals surface area contributed by atoms with Crippen LogP contribution in [0.3, 0.4) is 0 Å². The zero-order chi connectivity index (χ0) is 21.8. The number of sulfonamides is 1. The number of anilines is 1. The van der Waals surface area contributed by atoms with E-state index >= 15 is 0 Å². The summed E-state index contributed by atoms with van der Waals surface area (Å²) in [5.41, 5.74) is -1.76. The fourth-order valence-electron chi connectivity index (χ4n) is 3.25. The largest absolute Gasteiger partial charge is 0.344 e. The second-order valence-corrected chi connectivity index (χ2v) is 9.84. The van der Waals surface area contributed by atoms with Crippen LogP contribution in [0.15, 0.2) is 28.0 Å². The number of carbonyl (C=O) groups is 1. The Hall–Kier alpha value is -1.63. The second-order valence-electron chi connectivity index (χ2n) is 7.06. The zero-order valence-corrected chi connectivity index (χ0v) is 18.2. The molecule has 2 heterocycles. The number of rotatable bonds is 5. The van der Waals surface area contributed by atoms with Crippen LogP contribution in [0, 0.1) is 5.82 Å². The van der Waals surface area contributed by atoms with Gasteiger partial charge in [-0.05, 0) is 28.9 Å². The summed E-state index contributed by atoms with van der Waals surface area (Å²) < 4.78 is 69.0. The summed E-state index contributed by atoms with van der Waals surface area (Å²) in [7, 11) is -2.92. The van der Waals surface area contributed by atoms with E-state index in [2.05, 4.69) is 31.0 Å². The fraction of sp³-hybridized carbons (Fsp3) is 0.375. The van der Waals surface area contributed by atoms with Crippen LogP contribution in [0.25, 0.3) is 0 Å². The number of alkyl halides is 2. The van der Waals surface area contributed by atoms with Crippen LogP contribution in [0.1, 0.15) is 30.3 Å². The number of amides is 1. The van der Waals surface area contributed by atoms with Gasteiger partial charge in [-0.1, -0.05) is 11.6 Å². The lowest BCUT2D eigenvalue weighted by Gasteiger charge is -2.44. The predicted octanol–water partition coefficient (Wildman–Crippen LogP) is 3.69. The standard InChI is InChI=1S/C16H15BrClF3N4O3S/c1-15(6-16(20,21)7-15)24-29(27,28)9-5-25(2)12(10(9)18)14(26)23-8-3-4-22-13(17)11(8)19/h3-5,24H,6-7H2,1-2H3,(H,22,23,26). The maximum atomic E-state index is 14.0. The van der Waals surface area contributed by atoms with Crippen molar-refractivity contribution in [1.82, 2.24) is 14.3 Å². The van der Waals surface area contributed by atoms with E-state index in [1.807, 2.05) is 0 Å². The third-order valence-electron chi connectivity index (χ3n) is 4.37. The van der Waals surface area contributed by atoms with Crippen molar-refractivity contribution in [1.29, 1.82) is 0 Å². The topological polar surface area (TPSA) is 93.1 Å². The summed E-state index contributed by atoms with van der Waals surface area (Å²) in [5, 5.41) is 1.88. The summed E-state index contributed by atoms with van der Waals surface area (Å²) in [6.07, 6.45) is 1.04. The van der Waals surface area contributed by atoms with Gasteiger partial charge in [-0.2, -0.15) is 0 Å². The zero-order valence-electron chi connectivity index (χ0n) is 15.1. The molecule has 2 aromatic heterocycles. The number of hydrogen-bond acceptors (Lipinski definition) is 4. The minimum absolute atomic E-state index is 0.119. The van der Waals surface area contributed by atoms with Crippen molar-refractivity contribution >= 4 is 49.1 Å². The molecule has 0 aromatic carbocycles. The van der Waals surface area contributed by atoms with E-state index < -0.39 is 56.0 Å². The molecule has 29 heavy (non-hydrogen) atoms. The first kappa shape index (κ1) is 22.1. The first-order valence-corrected chi connectivity index (χ1v) is 10.8. The van der Waals surface area contributed by atoms with Gasteiger partial charge in [-0.3, -0.25) is 4.79 Å². The Kier molecular flexibility index (Phi) is 5.52. The molecule has 0 atom stereocenters. The summed E-state index contributed by atoms with van der Waals surface area (Å²) in [6, 6.07) is 1.21. The molecule has 2 N–H and O–H groups in total. The number of pyridine rings is 1. The lowest BCUT2D eigenvalue weighted by atomic mass is 9.76. The van der Waals surface area contributed by atoms with Crippen molar-refractivity contribution in [3.8, 4) is 0 Å². The predicted molar refractivity (Wildman–Crippen MR) is 103 cm³/mol. The number of nitrogens with one attached hydrogen (secondary N) is 2. The summed E-state index contributed by atoms with van der Waals surface area (Å²) in [4.78, 5) is 15.8. The molecule has 0 aliphatic heterocycles. The van der Waals surface area contributed by atoms with Crippen LogP contribution in [-0.2, 0) is 17.1 Å². The molecule has 1 saturated carbocycles. The molecule has 0 spiro atoms. The van der Waals surface area contributed by atoms with Crippen LogP contribution < -0.4 is 10.0 Å². The summed E-state index contributed by atoms with van der Waals surface area (Å²) in [6.45, 7) is 1.36. The first-order chi connectivity index (χ1) is 13.2. The third-order valence-corrected chi connectivity index (χ3v) is 7.06. The molecule has 0 saturated heterocycles. The number of aromatic nitrogens is 2. The van der Waals surface area contributed by atoms with E-state index in [1.54, 1.807) is 0 Å². The van der Waals surface area contributed by atoms with Crippen molar-refractivity contribution in [3.63, 3.8) is 0 Å². The fourth-order valence-corrected chi connectivity index (χ4v) is 5.69. The highest BCUT2D eigenvalue weighted by Crippen LogP contribution is 2.46. The Morgan fingerprint density at radius 2 is 2.00 bits per heavy atom. The van der Waals surface area contributed by atoms with Gasteiger partial charge in [0.05, 0.1) is 10.7 Å². The highest BCUT2D eigenvalue weighted by molar-refractivity contribution is 9.10. The number of aryl methyl sites for hydroxylation is 1. The Labute approximate surface area is 177 Å². The van der Waals surface area contributed by atoms with Gasteiger partial charge in [-0.25, -0.2) is 31.3 Å². The monoisotopic (exact) mass is 514 g/mol. The highest BCUT2D eigenvalue weighted by Gasteiger charge is 2.55. The normalized spacial score (nSPS) is 17.6. The lowest BCUT2D eigenvalue weighted by molar-refractivity contribution is -0.121. The van der Waals surface area contributed by atoms with E-state index in [1.165, 1.54) is 26.2 Å². The van der Waals surface area contributed by atoms with Crippen LogP contribution in [-0.4, -0.2) is 35.3 Å². The average molecular weight is 516 g/mol. The minimum Gasteiger partial charge on any atom is -0.344 e. The molecule has 2 aromatic rings. The van der Waals surface area contributed by atoms with Crippen molar-refractivity contribution in [3.05, 3.63) is 39.6 Å². The van der Waals surface area contributed by atoms with Gasteiger partial charge in [0.15, 0.2) is 5.82 Å². The lowest BCUT2D eigenvalue weighted by Crippen LogP contribution is -2.60. The number of hydrogen-bond donors (Lipinski definition) is 2. The molecular weight excluding hydrogens is 501 g/mol. The van der Waals surface area contributed by atoms with Gasteiger partial charge in [0, 0.05) is 37.8 Å². The number of nitrogens with zero attached hydrogens (tertiary/aromatic N) is 2. The number of halogens is 5. The maximum absolute atomic E-state index is 14.0. The van der Waals surface area contributed by atoms with Crippen LogP contribution in [0.5, 0.6) is 0 Å². The van der Waals surface area contributed by atoms with Gasteiger partial charge in [0.2, 0.25) is 10.0 Å². The van der Waals surface area contributed by atoms with E-state index in [4.69, 9.17) is 11.6 Å². The second kappa shape index (κ2) is 7.25. The molecule has 1 amide bonds. The molecule has 0 unspecified atom stereocenters. The molecule has 0 radical (unpaired) electrons. The van der Waals surface area contributed by atoms with Gasteiger partial charge in [0.25, 0.3) is 11.8 Å². The molecule has 0 bridgehead atoms. The minimum atomic E-state index is -4.29. The van der Waals surface area contributed by atoms with Gasteiger partial charge < -0.3 is 9.88 Å². The summed E-state index contributed by atoms with van der Waals surface area (Å²) in [5.74, 6) is -4.62. The smallest absolute Gasteiger partial charge is 0.273 e. The molecule has 1 aliphatic rings. The maximum Gasteiger partial charge on any atom is 0.273 e. The van der Waals surface area contributed by atoms with Gasteiger partial charge >= 0.3 is 0 Å². The first-order valence-electron chi connectivity index (χ1n) is 8.13. The molecule has 13 heteroatoms. The van der Waals surface area contributed by atoms with Crippen molar-refractivity contribution in [2.75, 3.05) is 5.32 Å². The van der Waals surface area contributed by atoms with Gasteiger partial charge in [-0.15, -0.1) is 0 Å². The van der Waals surface area contributed by atoms with Gasteiger partial charge in [0.1, 0.15) is 15.2 Å². The Bertz CT molecular complexity index is 1100. The SMILES string of the molecule is Cn1cc(S(=O)(=O)NC2(C)CC(F)(F)C2)c(Cl)c1C(=O)Nc1ccnc(Br)c1F. The highest BCUT2D eigenvalue weighted by atomic mass is 79.9. The number of carbonyl (C=O) groups excluding carboxylic acids is 1. The molecule has 1 fully saturated rings. The van der Waals surface area contributed by atoms with E-state index in [9.17, 15) is 26.4 Å². The molecule has 158 valence electrons. The quantitative estimate of drug-likeness (QED) is 0.594. The molecule has 3 rings (SSSR count). The average Bonchev–Trinajstić information content (AvgIpc) is 2.84. The Balaban J connectivity index is 1.88. The third kappa shape index (κ3) is 4.30. The van der Waals surface area contributed by atoms with E-state index in [0.717, 1.165) is 10.8 Å². The molecular formula is C16H15BrClF3N4O3S. The Morgan fingerprint density at radius 3 is 2.59 bits per heavy atom. The summed E-state index contributed by atoms with van der Waals surface area (Å²) >= 11 is 9.02. The van der Waals surface area contributed by atoms with Crippen LogP contribution >= 0.6 is 27.5 Å². The molecule has 7 nitrogen and oxygen atoms in total. The molecule has 1 aliphatic carbocycles. The van der Waals surface area contributed by atoms with Crippen LogP contribution in [0.2, 0.25) is 5.02 Å². The van der Waals surface area contributed by atoms with Crippen molar-refractivity contribution < 1.29 is 26.4 Å². The van der Waals surface area contributed by atoms with Crippen LogP contribution in [0.4, 0.5) is 18.9 Å². The van der Waals surface area contributed by atoms with E-state index in [0.29, 0.717) is 0 Å². The Morgan fingerprint density at radius 1 is 1.38 bits per heavy atom.